The summed E-state index contributed by atoms with van der Waals surface area (Å²) in [6.07, 6.45) is 0.0238. The minimum absolute atomic E-state index is 0.115. The van der Waals surface area contributed by atoms with Crippen LogP contribution in [0.2, 0.25) is 0 Å². The van der Waals surface area contributed by atoms with Crippen molar-refractivity contribution in [1.82, 2.24) is 43.6 Å². The number of thiazole rings is 1. The van der Waals surface area contributed by atoms with Crippen LogP contribution in [0.1, 0.15) is 76.9 Å². The van der Waals surface area contributed by atoms with Gasteiger partial charge < -0.3 is 13.9 Å². The number of aryl methyl sites for hydroxylation is 2. The highest BCUT2D eigenvalue weighted by Crippen LogP contribution is 2.38. The van der Waals surface area contributed by atoms with Crippen LogP contribution < -0.4 is 5.32 Å². The minimum Gasteiger partial charge on any atom is -0.464 e. The van der Waals surface area contributed by atoms with E-state index in [0.29, 0.717) is 59.0 Å². The van der Waals surface area contributed by atoms with Gasteiger partial charge in [-0.2, -0.15) is 10.2 Å². The molecule has 7 heterocycles. The molecule has 9 rings (SSSR count). The van der Waals surface area contributed by atoms with Gasteiger partial charge in [0.1, 0.15) is 12.3 Å². The highest BCUT2D eigenvalue weighted by molar-refractivity contribution is 9.10. The number of alkyl halides is 6. The fourth-order valence-corrected chi connectivity index (χ4v) is 9.09. The number of ether oxygens (including phenoxy) is 1. The molecule has 2 aliphatic heterocycles. The van der Waals surface area contributed by atoms with E-state index < -0.39 is 49.2 Å². The Hall–Kier alpha value is -5.09. The predicted molar refractivity (Wildman–Crippen MR) is 220 cm³/mol. The first-order valence-corrected chi connectivity index (χ1v) is 21.3. The topological polar surface area (TPSA) is 140 Å². The lowest BCUT2D eigenvalue weighted by atomic mass is 10.1. The molecule has 1 N–H and O–H groups in total. The van der Waals surface area contributed by atoms with Crippen molar-refractivity contribution < 1.29 is 40.7 Å². The van der Waals surface area contributed by atoms with E-state index in [1.807, 2.05) is 0 Å². The number of carbonyl (C=O) groups is 2. The van der Waals surface area contributed by atoms with Gasteiger partial charge in [-0.15, -0.1) is 11.3 Å². The maximum atomic E-state index is 14.0. The van der Waals surface area contributed by atoms with Crippen LogP contribution in [0.3, 0.4) is 0 Å². The number of hydrogen-bond donors (Lipinski definition) is 1. The predicted octanol–water partition coefficient (Wildman–Crippen LogP) is 9.11. The Bertz CT molecular complexity index is 2790. The van der Waals surface area contributed by atoms with Gasteiger partial charge >= 0.3 is 5.97 Å². The van der Waals surface area contributed by atoms with Crippen LogP contribution in [-0.2, 0) is 40.3 Å². The Morgan fingerprint density at radius 1 is 0.820 bits per heavy atom. The Kier molecular flexibility index (Phi) is 11.9. The van der Waals surface area contributed by atoms with E-state index in [9.17, 15) is 35.9 Å². The third-order valence-electron chi connectivity index (χ3n) is 10.6. The van der Waals surface area contributed by atoms with Crippen LogP contribution in [0.5, 0.6) is 0 Å². The molecule has 0 saturated heterocycles. The third-order valence-corrected chi connectivity index (χ3v) is 12.9. The number of amides is 1. The first-order valence-electron chi connectivity index (χ1n) is 18.8. The summed E-state index contributed by atoms with van der Waals surface area (Å²) in [5.74, 6) is -1.12. The fourth-order valence-electron chi connectivity index (χ4n) is 7.69. The number of anilines is 1. The van der Waals surface area contributed by atoms with Gasteiger partial charge in [-0.05, 0) is 44.0 Å². The normalized spacial score (nSPS) is 16.9. The second-order valence-corrected chi connectivity index (χ2v) is 17.0. The van der Waals surface area contributed by atoms with Gasteiger partial charge in [0, 0.05) is 79.0 Å². The molecule has 2 aromatic carbocycles. The molecular weight excluding hydrogens is 962 g/mol. The first-order chi connectivity index (χ1) is 29.1. The lowest BCUT2D eigenvalue weighted by Gasteiger charge is -2.16. The summed E-state index contributed by atoms with van der Waals surface area (Å²) in [6.45, 7) is 5.63. The molecule has 0 fully saturated rings. The zero-order chi connectivity index (χ0) is 43.4. The molecule has 61 heavy (non-hydrogen) atoms. The molecule has 22 heteroatoms. The molecular formula is C39H34Br2F6N10O3S. The van der Waals surface area contributed by atoms with Crippen molar-refractivity contribution in [2.45, 2.75) is 84.0 Å². The quantitative estimate of drug-likeness (QED) is 0.106. The van der Waals surface area contributed by atoms with Gasteiger partial charge in [-0.25, -0.2) is 46.1 Å². The van der Waals surface area contributed by atoms with Crippen molar-refractivity contribution in [2.75, 3.05) is 11.9 Å². The molecule has 2 unspecified atom stereocenters. The lowest BCUT2D eigenvalue weighted by molar-refractivity contribution is -0.146. The van der Waals surface area contributed by atoms with E-state index in [-0.39, 0.29) is 54.4 Å². The summed E-state index contributed by atoms with van der Waals surface area (Å²) in [7, 11) is 0. The number of hydrogen-bond acceptors (Lipinski definition) is 9. The number of carbonyl (C=O) groups excluding carboxylic acids is 2. The van der Waals surface area contributed by atoms with Gasteiger partial charge in [-0.3, -0.25) is 19.5 Å². The molecule has 0 bridgehead atoms. The van der Waals surface area contributed by atoms with Crippen molar-refractivity contribution >= 4 is 82.0 Å². The van der Waals surface area contributed by atoms with Gasteiger partial charge in [0.2, 0.25) is 0 Å². The Morgan fingerprint density at radius 2 is 1.31 bits per heavy atom. The van der Waals surface area contributed by atoms with Crippen LogP contribution in [0.25, 0.3) is 21.8 Å². The molecule has 0 radical (unpaired) electrons. The minimum atomic E-state index is -2.72. The van der Waals surface area contributed by atoms with Gasteiger partial charge in [0.15, 0.2) is 17.2 Å². The largest absolute Gasteiger partial charge is 0.464 e. The smallest absolute Gasteiger partial charge is 0.337 e. The number of halogens is 8. The molecule has 5 aromatic heterocycles. The van der Waals surface area contributed by atoms with E-state index in [2.05, 4.69) is 62.3 Å². The molecule has 7 aromatic rings. The Labute approximate surface area is 363 Å². The SMILES string of the molecule is CCOC(=O)C(c1ncn2c1C[C@@H](F)C2)n1cc2c(C(F)F)cc(Br)c(C)c2n1.Cc1c(Br)cc(C(F)F)c2cn(C(C(=O)Nc3nccs3)c3ncn4c3C[C@@H](F)C4)nc12. The van der Waals surface area contributed by atoms with Crippen molar-refractivity contribution in [3.63, 3.8) is 0 Å². The molecule has 320 valence electrons. The van der Waals surface area contributed by atoms with Crippen LogP contribution in [0, 0.1) is 13.8 Å². The first kappa shape index (κ1) is 42.6. The molecule has 0 saturated carbocycles. The molecule has 13 nitrogen and oxygen atoms in total. The lowest BCUT2D eigenvalue weighted by Crippen LogP contribution is -2.28. The zero-order valence-electron chi connectivity index (χ0n) is 32.3. The number of fused-ring (bicyclic) bond motifs is 4. The molecule has 0 aliphatic carbocycles. The number of nitrogens with zero attached hydrogens (tertiary/aromatic N) is 9. The van der Waals surface area contributed by atoms with Crippen LogP contribution in [0.15, 0.2) is 57.7 Å². The fraction of sp³-hybridized carbons (Fsp3) is 0.359. The van der Waals surface area contributed by atoms with Crippen molar-refractivity contribution in [3.8, 4) is 0 Å². The maximum Gasteiger partial charge on any atom is 0.337 e. The van der Waals surface area contributed by atoms with Crippen molar-refractivity contribution in [1.29, 1.82) is 0 Å². The second-order valence-electron chi connectivity index (χ2n) is 14.4. The van der Waals surface area contributed by atoms with Crippen LogP contribution in [-0.4, -0.2) is 74.5 Å². The summed E-state index contributed by atoms with van der Waals surface area (Å²) in [6, 6.07) is 0.542. The summed E-state index contributed by atoms with van der Waals surface area (Å²) >= 11 is 7.84. The van der Waals surface area contributed by atoms with Gasteiger partial charge in [0.25, 0.3) is 18.8 Å². The summed E-state index contributed by atoms with van der Waals surface area (Å²) in [4.78, 5) is 38.9. The van der Waals surface area contributed by atoms with E-state index in [4.69, 9.17) is 4.74 Å². The summed E-state index contributed by atoms with van der Waals surface area (Å²) in [5.41, 5.74) is 3.49. The standard InChI is InChI=1S/C20H16BrF3N6OS.C19H18BrF3N4O2/c1-9-13(21)5-11(18(23)24)12-7-30(28-15(9)12)17(19(31)27-20-25-2-3-32-20)16-14-4-10(22)6-29(14)8-26-16;1-3-29-19(28)17(16-14-4-10(21)6-26(14)8-24-16)27-7-12-11(18(22)23)5-13(20)9(2)15(12)25-27/h2-3,5,7-8,10,17-18H,4,6H2,1H3,(H,25,27,31);5,7-8,10,17-18H,3-4,6H2,1-2H3/t2*10-,17?/m11/s1. The van der Waals surface area contributed by atoms with Gasteiger partial charge in [-0.1, -0.05) is 31.9 Å². The number of rotatable bonds is 10. The monoisotopic (exact) mass is 994 g/mol. The molecule has 4 atom stereocenters. The van der Waals surface area contributed by atoms with E-state index in [0.717, 1.165) is 0 Å². The number of benzene rings is 2. The maximum absolute atomic E-state index is 14.0. The van der Waals surface area contributed by atoms with E-state index in [1.54, 1.807) is 41.5 Å². The number of aromatic nitrogens is 9. The Balaban J connectivity index is 0.000000169. The molecule has 2 aliphatic rings. The number of imidazole rings is 2. The van der Waals surface area contributed by atoms with E-state index >= 15 is 0 Å². The van der Waals surface area contributed by atoms with E-state index in [1.165, 1.54) is 57.9 Å². The van der Waals surface area contributed by atoms with Crippen molar-refractivity contribution in [3.05, 3.63) is 103 Å². The van der Waals surface area contributed by atoms with Crippen molar-refractivity contribution in [2.24, 2.45) is 0 Å². The molecule has 1 amide bonds. The highest BCUT2D eigenvalue weighted by atomic mass is 79.9. The summed E-state index contributed by atoms with van der Waals surface area (Å²) in [5, 5.41) is 14.2. The van der Waals surface area contributed by atoms with Crippen LogP contribution in [0.4, 0.5) is 31.5 Å². The van der Waals surface area contributed by atoms with Crippen LogP contribution >= 0.6 is 43.2 Å². The zero-order valence-corrected chi connectivity index (χ0v) is 36.3. The average molecular weight is 997 g/mol. The van der Waals surface area contributed by atoms with Gasteiger partial charge in [0.05, 0.1) is 54.8 Å². The summed E-state index contributed by atoms with van der Waals surface area (Å²) < 4.78 is 94.7. The average Bonchev–Trinajstić information content (AvgIpc) is 4.07. The third kappa shape index (κ3) is 7.97. The highest BCUT2D eigenvalue weighted by Gasteiger charge is 2.37. The molecule has 0 spiro atoms. The number of nitrogens with one attached hydrogen (secondary N) is 1. The Morgan fingerprint density at radius 3 is 1.77 bits per heavy atom. The number of esters is 1. The second kappa shape index (κ2) is 17.0.